The number of benzene rings is 1. The first kappa shape index (κ1) is 24.4. The molecule has 8 nitrogen and oxygen atoms in total. The van der Waals surface area contributed by atoms with Gasteiger partial charge in [0.1, 0.15) is 17.5 Å². The molecule has 0 saturated carbocycles. The Bertz CT molecular complexity index is 1810. The zero-order valence-corrected chi connectivity index (χ0v) is 22.5. The Morgan fingerprint density at radius 3 is 2.70 bits per heavy atom. The lowest BCUT2D eigenvalue weighted by Gasteiger charge is -2.40. The minimum Gasteiger partial charge on any atom is -0.366 e. The highest BCUT2D eigenvalue weighted by molar-refractivity contribution is 6.02. The van der Waals surface area contributed by atoms with Crippen LogP contribution in [0.1, 0.15) is 25.8 Å². The molecule has 3 N–H and O–H groups in total. The number of hydrogen-bond donors (Lipinski definition) is 3. The third-order valence-corrected chi connectivity index (χ3v) is 7.79. The van der Waals surface area contributed by atoms with Gasteiger partial charge >= 0.3 is 0 Å². The van der Waals surface area contributed by atoms with Gasteiger partial charge in [0.2, 0.25) is 0 Å². The average molecular weight is 527 g/mol. The van der Waals surface area contributed by atoms with Crippen molar-refractivity contribution in [3.05, 3.63) is 90.9 Å². The van der Waals surface area contributed by atoms with Gasteiger partial charge in [-0.05, 0) is 54.3 Å². The van der Waals surface area contributed by atoms with E-state index in [4.69, 9.17) is 15.0 Å². The van der Waals surface area contributed by atoms with Crippen LogP contribution in [0.15, 0.2) is 85.3 Å². The molecule has 5 aromatic rings. The second kappa shape index (κ2) is 9.81. The van der Waals surface area contributed by atoms with Crippen LogP contribution >= 0.6 is 0 Å². The number of piperidine rings is 1. The topological polar surface area (TPSA) is 101 Å². The maximum atomic E-state index is 5.13. The summed E-state index contributed by atoms with van der Waals surface area (Å²) in [5.74, 6) is 2.86. The van der Waals surface area contributed by atoms with Crippen molar-refractivity contribution in [3.8, 4) is 11.4 Å². The SMILES string of the molecule is CC1(C)CNCC[C@@H]1Nc1nc(-c2ccnc(Nc3ccc4ccccc4n3)c2)nc2cncc(C3=CC=C3)c12. The molecule has 1 atom stereocenters. The predicted molar refractivity (Wildman–Crippen MR) is 161 cm³/mol. The summed E-state index contributed by atoms with van der Waals surface area (Å²) in [6, 6.07) is 16.2. The first-order valence-electron chi connectivity index (χ1n) is 13.6. The van der Waals surface area contributed by atoms with Crippen LogP contribution in [0.3, 0.4) is 0 Å². The van der Waals surface area contributed by atoms with Gasteiger partial charge in [-0.1, -0.05) is 50.3 Å². The quantitative estimate of drug-likeness (QED) is 0.243. The monoisotopic (exact) mass is 526 g/mol. The van der Waals surface area contributed by atoms with Crippen molar-refractivity contribution >= 4 is 44.8 Å². The normalized spacial score (nSPS) is 17.9. The number of anilines is 3. The van der Waals surface area contributed by atoms with E-state index in [-0.39, 0.29) is 11.5 Å². The first-order valence-corrected chi connectivity index (χ1v) is 13.6. The van der Waals surface area contributed by atoms with E-state index >= 15 is 0 Å². The number of fused-ring (bicyclic) bond motifs is 2. The number of para-hydroxylation sites is 1. The minimum atomic E-state index is 0.0686. The molecule has 0 amide bonds. The summed E-state index contributed by atoms with van der Waals surface area (Å²) in [5, 5.41) is 12.8. The Balaban J connectivity index is 1.29. The number of aromatic nitrogens is 5. The Labute approximate surface area is 232 Å². The van der Waals surface area contributed by atoms with E-state index in [0.717, 1.165) is 69.7 Å². The fraction of sp³-hybridized carbons (Fsp3) is 0.219. The maximum Gasteiger partial charge on any atom is 0.162 e. The maximum absolute atomic E-state index is 5.13. The van der Waals surface area contributed by atoms with Gasteiger partial charge < -0.3 is 16.0 Å². The molecular formula is C32H30N8. The van der Waals surface area contributed by atoms with Crippen LogP contribution < -0.4 is 16.0 Å². The van der Waals surface area contributed by atoms with Crippen molar-refractivity contribution in [3.63, 3.8) is 0 Å². The van der Waals surface area contributed by atoms with Gasteiger partial charge in [-0.3, -0.25) is 4.98 Å². The van der Waals surface area contributed by atoms with Gasteiger partial charge in [-0.25, -0.2) is 19.9 Å². The number of rotatable bonds is 6. The molecule has 8 heteroatoms. The Morgan fingerprint density at radius 1 is 0.950 bits per heavy atom. The number of nitrogens with zero attached hydrogens (tertiary/aromatic N) is 5. The van der Waals surface area contributed by atoms with Crippen LogP contribution in [0.25, 0.3) is 38.8 Å². The predicted octanol–water partition coefficient (Wildman–Crippen LogP) is 6.13. The molecule has 5 heterocycles. The van der Waals surface area contributed by atoms with Crippen molar-refractivity contribution < 1.29 is 0 Å². The zero-order chi connectivity index (χ0) is 27.1. The van der Waals surface area contributed by atoms with E-state index in [1.165, 1.54) is 0 Å². The smallest absolute Gasteiger partial charge is 0.162 e. The minimum absolute atomic E-state index is 0.0686. The molecular weight excluding hydrogens is 496 g/mol. The number of hydrogen-bond acceptors (Lipinski definition) is 8. The molecule has 1 aliphatic heterocycles. The number of allylic oxidation sites excluding steroid dienone is 4. The second-order valence-electron chi connectivity index (χ2n) is 11.1. The number of pyridine rings is 3. The molecule has 1 aromatic carbocycles. The molecule has 198 valence electrons. The summed E-state index contributed by atoms with van der Waals surface area (Å²) in [5.41, 5.74) is 4.85. The van der Waals surface area contributed by atoms with Crippen molar-refractivity contribution in [2.75, 3.05) is 23.7 Å². The van der Waals surface area contributed by atoms with Gasteiger partial charge in [0.05, 0.1) is 22.6 Å². The van der Waals surface area contributed by atoms with Gasteiger partial charge in [-0.15, -0.1) is 0 Å². The van der Waals surface area contributed by atoms with Crippen LogP contribution in [0.2, 0.25) is 0 Å². The second-order valence-corrected chi connectivity index (χ2v) is 11.1. The standard InChI is InChI=1S/C32H30N8/c1-32(2)19-33-14-13-26(32)38-31-29-23(20-7-5-8-20)17-34-18-25(29)37-30(40-31)22-12-15-35-28(16-22)39-27-11-10-21-6-3-4-9-24(21)36-27/h3-12,15-18,26,33H,13-14,19H2,1-2H3,(H,35,36,39)(H,37,38,40)/t26-/m0/s1. The van der Waals surface area contributed by atoms with Crippen molar-refractivity contribution in [2.45, 2.75) is 26.3 Å². The lowest BCUT2D eigenvalue weighted by atomic mass is 9.80. The molecule has 1 fully saturated rings. The molecule has 0 unspecified atom stereocenters. The van der Waals surface area contributed by atoms with Crippen molar-refractivity contribution in [1.82, 2.24) is 30.2 Å². The third kappa shape index (κ3) is 4.56. The largest absolute Gasteiger partial charge is 0.366 e. The molecule has 0 spiro atoms. The number of nitrogens with one attached hydrogen (secondary N) is 3. The summed E-state index contributed by atoms with van der Waals surface area (Å²) >= 11 is 0. The third-order valence-electron chi connectivity index (χ3n) is 7.79. The summed E-state index contributed by atoms with van der Waals surface area (Å²) in [7, 11) is 0. The van der Waals surface area contributed by atoms with Gasteiger partial charge in [0.25, 0.3) is 0 Å². The van der Waals surface area contributed by atoms with E-state index in [9.17, 15) is 0 Å². The summed E-state index contributed by atoms with van der Waals surface area (Å²) in [6.07, 6.45) is 12.8. The molecule has 1 saturated heterocycles. The van der Waals surface area contributed by atoms with Crippen LogP contribution in [0.5, 0.6) is 0 Å². The molecule has 0 bridgehead atoms. The molecule has 40 heavy (non-hydrogen) atoms. The van der Waals surface area contributed by atoms with Crippen LogP contribution in [-0.4, -0.2) is 44.1 Å². The lowest BCUT2D eigenvalue weighted by molar-refractivity contribution is 0.236. The van der Waals surface area contributed by atoms with E-state index in [0.29, 0.717) is 11.6 Å². The van der Waals surface area contributed by atoms with Gasteiger partial charge in [0, 0.05) is 41.5 Å². The summed E-state index contributed by atoms with van der Waals surface area (Å²) in [4.78, 5) is 23.9. The van der Waals surface area contributed by atoms with E-state index < -0.39 is 0 Å². The summed E-state index contributed by atoms with van der Waals surface area (Å²) in [6.45, 7) is 6.51. The van der Waals surface area contributed by atoms with Gasteiger partial charge in [0.15, 0.2) is 5.82 Å². The Kier molecular flexibility index (Phi) is 5.97. The Morgan fingerprint density at radius 2 is 1.85 bits per heavy atom. The molecule has 2 aliphatic rings. The lowest BCUT2D eigenvalue weighted by Crippen LogP contribution is -2.49. The van der Waals surface area contributed by atoms with Crippen LogP contribution in [0.4, 0.5) is 17.5 Å². The average Bonchev–Trinajstić information content (AvgIpc) is 2.93. The molecule has 0 radical (unpaired) electrons. The van der Waals surface area contributed by atoms with Gasteiger partial charge in [-0.2, -0.15) is 0 Å². The van der Waals surface area contributed by atoms with Crippen LogP contribution in [0, 0.1) is 5.41 Å². The highest BCUT2D eigenvalue weighted by Gasteiger charge is 2.33. The first-order chi connectivity index (χ1) is 19.5. The fourth-order valence-electron chi connectivity index (χ4n) is 5.42. The zero-order valence-electron chi connectivity index (χ0n) is 22.5. The van der Waals surface area contributed by atoms with Crippen molar-refractivity contribution in [2.24, 2.45) is 5.41 Å². The summed E-state index contributed by atoms with van der Waals surface area (Å²) < 4.78 is 0. The molecule has 4 aromatic heterocycles. The highest BCUT2D eigenvalue weighted by Crippen LogP contribution is 2.36. The molecule has 1 aliphatic carbocycles. The van der Waals surface area contributed by atoms with E-state index in [2.05, 4.69) is 64.1 Å². The van der Waals surface area contributed by atoms with E-state index in [1.54, 1.807) is 6.20 Å². The fourth-order valence-corrected chi connectivity index (χ4v) is 5.42. The Hall–Kier alpha value is -4.69. The van der Waals surface area contributed by atoms with Crippen molar-refractivity contribution in [1.29, 1.82) is 0 Å². The van der Waals surface area contributed by atoms with E-state index in [1.807, 2.05) is 54.9 Å². The highest BCUT2D eigenvalue weighted by atomic mass is 15.1. The van der Waals surface area contributed by atoms with Crippen LogP contribution in [-0.2, 0) is 0 Å². The molecule has 7 rings (SSSR count).